The summed E-state index contributed by atoms with van der Waals surface area (Å²) >= 11 is 0. The molecule has 0 saturated heterocycles. The van der Waals surface area contributed by atoms with Crippen LogP contribution in [0.1, 0.15) is 60.1 Å². The molecule has 1 unspecified atom stereocenters. The standard InChI is InChI=1S/C23H21F4NO4/c1-3-4-5-6-13(23(31)32)18-11(2)28(17-10-16(26)21(29)20(27)19(17)18)22(30)12-7-8-14(24)15(25)9-12/h7-10,13,29H,3-6H2,1-2H3,(H,31,32). The number of aliphatic carboxylic acids is 1. The maximum atomic E-state index is 15.0. The first-order chi connectivity index (χ1) is 15.1. The van der Waals surface area contributed by atoms with E-state index in [4.69, 9.17) is 0 Å². The number of nitrogens with zero attached hydrogens (tertiary/aromatic N) is 1. The molecule has 32 heavy (non-hydrogen) atoms. The van der Waals surface area contributed by atoms with E-state index in [1.54, 1.807) is 0 Å². The van der Waals surface area contributed by atoms with E-state index in [2.05, 4.69) is 0 Å². The maximum Gasteiger partial charge on any atom is 0.311 e. The summed E-state index contributed by atoms with van der Waals surface area (Å²) in [6.45, 7) is 3.28. The summed E-state index contributed by atoms with van der Waals surface area (Å²) < 4.78 is 57.0. The zero-order valence-electron chi connectivity index (χ0n) is 17.4. The third-order valence-electron chi connectivity index (χ3n) is 5.52. The summed E-state index contributed by atoms with van der Waals surface area (Å²) in [6.07, 6.45) is 2.16. The van der Waals surface area contributed by atoms with E-state index >= 15 is 0 Å². The molecule has 170 valence electrons. The van der Waals surface area contributed by atoms with Crippen LogP contribution in [0.5, 0.6) is 5.75 Å². The minimum absolute atomic E-state index is 0.00234. The molecule has 5 nitrogen and oxygen atoms in total. The molecule has 0 saturated carbocycles. The highest BCUT2D eigenvalue weighted by atomic mass is 19.2. The number of unbranched alkanes of at least 4 members (excludes halogenated alkanes) is 2. The number of aromatic hydroxyl groups is 1. The molecule has 0 aliphatic heterocycles. The summed E-state index contributed by atoms with van der Waals surface area (Å²) in [5, 5.41) is 19.2. The molecular formula is C23H21F4NO4. The summed E-state index contributed by atoms with van der Waals surface area (Å²) in [6, 6.07) is 3.11. The Bertz CT molecular complexity index is 1220. The van der Waals surface area contributed by atoms with E-state index in [9.17, 15) is 37.4 Å². The Morgan fingerprint density at radius 2 is 1.72 bits per heavy atom. The topological polar surface area (TPSA) is 79.5 Å². The number of hydrogen-bond acceptors (Lipinski definition) is 3. The number of hydrogen-bond donors (Lipinski definition) is 2. The number of carboxylic acid groups (broad SMARTS) is 1. The van der Waals surface area contributed by atoms with Crippen LogP contribution >= 0.6 is 0 Å². The lowest BCUT2D eigenvalue weighted by Gasteiger charge is -2.14. The van der Waals surface area contributed by atoms with Gasteiger partial charge in [0.25, 0.3) is 5.91 Å². The van der Waals surface area contributed by atoms with Gasteiger partial charge < -0.3 is 10.2 Å². The summed E-state index contributed by atoms with van der Waals surface area (Å²) in [5.74, 6) is -9.95. The zero-order chi connectivity index (χ0) is 23.7. The SMILES string of the molecule is CCCCCC(C(=O)O)c1c(C)n(C(=O)c2ccc(F)c(F)c2)c2cc(F)c(O)c(F)c12. The van der Waals surface area contributed by atoms with Crippen LogP contribution < -0.4 is 0 Å². The Morgan fingerprint density at radius 3 is 2.31 bits per heavy atom. The number of benzene rings is 2. The number of phenols is 1. The van der Waals surface area contributed by atoms with Gasteiger partial charge in [0, 0.05) is 22.7 Å². The average molecular weight is 451 g/mol. The zero-order valence-corrected chi connectivity index (χ0v) is 17.4. The number of carbonyl (C=O) groups excluding carboxylic acids is 1. The monoisotopic (exact) mass is 451 g/mol. The second kappa shape index (κ2) is 9.02. The molecule has 1 atom stereocenters. The molecule has 3 aromatic rings. The lowest BCUT2D eigenvalue weighted by Crippen LogP contribution is -2.16. The minimum atomic E-state index is -1.39. The molecule has 0 aliphatic rings. The minimum Gasteiger partial charge on any atom is -0.503 e. The third-order valence-corrected chi connectivity index (χ3v) is 5.52. The lowest BCUT2D eigenvalue weighted by atomic mass is 9.90. The quantitative estimate of drug-likeness (QED) is 0.360. The Kier molecular flexibility index (Phi) is 6.57. The van der Waals surface area contributed by atoms with Crippen LogP contribution in [0.25, 0.3) is 10.9 Å². The molecule has 0 radical (unpaired) electrons. The molecule has 2 aromatic carbocycles. The molecular weight excluding hydrogens is 430 g/mol. The van der Waals surface area contributed by atoms with Crippen LogP contribution in [-0.2, 0) is 4.79 Å². The van der Waals surface area contributed by atoms with Crippen molar-refractivity contribution in [3.8, 4) is 5.75 Å². The first-order valence-electron chi connectivity index (χ1n) is 10.0. The van der Waals surface area contributed by atoms with Crippen molar-refractivity contribution in [2.75, 3.05) is 0 Å². The Labute approximate surface area is 180 Å². The van der Waals surface area contributed by atoms with Crippen molar-refractivity contribution in [3.63, 3.8) is 0 Å². The number of rotatable bonds is 7. The van der Waals surface area contributed by atoms with Crippen LogP contribution in [0.15, 0.2) is 24.3 Å². The van der Waals surface area contributed by atoms with Gasteiger partial charge in [0.1, 0.15) is 0 Å². The summed E-state index contributed by atoms with van der Waals surface area (Å²) in [4.78, 5) is 25.2. The molecule has 0 spiro atoms. The van der Waals surface area contributed by atoms with E-state index in [0.717, 1.165) is 29.5 Å². The molecule has 0 fully saturated rings. The average Bonchev–Trinajstić information content (AvgIpc) is 3.02. The number of fused-ring (bicyclic) bond motifs is 1. The normalized spacial score (nSPS) is 12.3. The van der Waals surface area contributed by atoms with E-state index in [1.165, 1.54) is 6.92 Å². The molecule has 2 N–H and O–H groups in total. The predicted octanol–water partition coefficient (Wildman–Crippen LogP) is 5.65. The highest BCUT2D eigenvalue weighted by Gasteiger charge is 2.32. The first kappa shape index (κ1) is 23.3. The molecule has 0 amide bonds. The van der Waals surface area contributed by atoms with Crippen molar-refractivity contribution in [1.29, 1.82) is 0 Å². The van der Waals surface area contributed by atoms with E-state index in [-0.39, 0.29) is 28.8 Å². The van der Waals surface area contributed by atoms with Gasteiger partial charge in [-0.15, -0.1) is 0 Å². The van der Waals surface area contributed by atoms with E-state index in [0.29, 0.717) is 18.6 Å². The number of halogens is 4. The van der Waals surface area contributed by atoms with Crippen LogP contribution in [0.2, 0.25) is 0 Å². The summed E-state index contributed by atoms with van der Waals surface area (Å²) in [5.41, 5.74) is -0.696. The maximum absolute atomic E-state index is 15.0. The van der Waals surface area contributed by atoms with Crippen molar-refractivity contribution >= 4 is 22.8 Å². The number of aromatic nitrogens is 1. The van der Waals surface area contributed by atoms with Crippen LogP contribution in [0, 0.1) is 30.2 Å². The van der Waals surface area contributed by atoms with Crippen molar-refractivity contribution in [1.82, 2.24) is 4.57 Å². The first-order valence-corrected chi connectivity index (χ1v) is 10.0. The van der Waals surface area contributed by atoms with Gasteiger partial charge in [-0.25, -0.2) is 17.6 Å². The number of phenolic OH excluding ortho intramolecular Hbond substituents is 1. The summed E-state index contributed by atoms with van der Waals surface area (Å²) in [7, 11) is 0. The van der Waals surface area contributed by atoms with Crippen molar-refractivity contribution in [3.05, 3.63) is 64.4 Å². The highest BCUT2D eigenvalue weighted by Crippen LogP contribution is 2.40. The number of carboxylic acids is 1. The fourth-order valence-electron chi connectivity index (χ4n) is 3.95. The van der Waals surface area contributed by atoms with Crippen molar-refractivity contribution in [2.24, 2.45) is 0 Å². The second-order valence-electron chi connectivity index (χ2n) is 7.57. The van der Waals surface area contributed by atoms with Gasteiger partial charge in [0.2, 0.25) is 0 Å². The fourth-order valence-corrected chi connectivity index (χ4v) is 3.95. The third kappa shape index (κ3) is 3.94. The Balaban J connectivity index is 2.32. The van der Waals surface area contributed by atoms with Crippen LogP contribution in [0.3, 0.4) is 0 Å². The van der Waals surface area contributed by atoms with Crippen LogP contribution in [0.4, 0.5) is 17.6 Å². The van der Waals surface area contributed by atoms with Gasteiger partial charge in [-0.2, -0.15) is 0 Å². The molecule has 9 heteroatoms. The highest BCUT2D eigenvalue weighted by molar-refractivity contribution is 6.05. The fraction of sp³-hybridized carbons (Fsp3) is 0.304. The Morgan fingerprint density at radius 1 is 1.03 bits per heavy atom. The molecule has 3 rings (SSSR count). The molecule has 1 heterocycles. The van der Waals surface area contributed by atoms with Gasteiger partial charge in [-0.1, -0.05) is 26.2 Å². The second-order valence-corrected chi connectivity index (χ2v) is 7.57. The Hall–Kier alpha value is -3.36. The lowest BCUT2D eigenvalue weighted by molar-refractivity contribution is -0.139. The van der Waals surface area contributed by atoms with Crippen LogP contribution in [-0.4, -0.2) is 26.7 Å². The van der Waals surface area contributed by atoms with Gasteiger partial charge in [0.15, 0.2) is 29.0 Å². The van der Waals surface area contributed by atoms with E-state index in [1.807, 2.05) is 6.92 Å². The van der Waals surface area contributed by atoms with Gasteiger partial charge in [-0.05, 0) is 37.1 Å². The molecule has 1 aromatic heterocycles. The van der Waals surface area contributed by atoms with Gasteiger partial charge in [-0.3, -0.25) is 14.2 Å². The van der Waals surface area contributed by atoms with Gasteiger partial charge in [0.05, 0.1) is 11.4 Å². The van der Waals surface area contributed by atoms with E-state index < -0.39 is 52.2 Å². The van der Waals surface area contributed by atoms with Crippen molar-refractivity contribution in [2.45, 2.75) is 45.4 Å². The molecule has 0 aliphatic carbocycles. The predicted molar refractivity (Wildman–Crippen MR) is 109 cm³/mol. The largest absolute Gasteiger partial charge is 0.503 e. The smallest absolute Gasteiger partial charge is 0.311 e. The number of carbonyl (C=O) groups is 2. The molecule has 0 bridgehead atoms. The van der Waals surface area contributed by atoms with Crippen molar-refractivity contribution < 1.29 is 37.4 Å². The van der Waals surface area contributed by atoms with Gasteiger partial charge >= 0.3 is 5.97 Å².